The summed E-state index contributed by atoms with van der Waals surface area (Å²) in [7, 11) is 0. The van der Waals surface area contributed by atoms with Crippen LogP contribution in [0.15, 0.2) is 24.3 Å². The molecule has 1 rings (SSSR count). The van der Waals surface area contributed by atoms with Crippen LogP contribution >= 0.6 is 0 Å². The third-order valence-corrected chi connectivity index (χ3v) is 3.38. The van der Waals surface area contributed by atoms with Crippen molar-refractivity contribution in [2.24, 2.45) is 5.41 Å². The first-order valence-electron chi connectivity index (χ1n) is 7.31. The van der Waals surface area contributed by atoms with Gasteiger partial charge in [-0.3, -0.25) is 9.59 Å². The smallest absolute Gasteiger partial charge is 0.391 e. The van der Waals surface area contributed by atoms with Gasteiger partial charge in [0.1, 0.15) is 0 Å². The van der Waals surface area contributed by atoms with E-state index < -0.39 is 35.1 Å². The van der Waals surface area contributed by atoms with Crippen LogP contribution in [0.4, 0.5) is 13.2 Å². The number of aliphatic hydroxyl groups is 1. The Balaban J connectivity index is 2.47. The second-order valence-electron chi connectivity index (χ2n) is 6.44. The van der Waals surface area contributed by atoms with Crippen molar-refractivity contribution in [2.75, 3.05) is 13.1 Å². The van der Waals surface area contributed by atoms with E-state index in [9.17, 15) is 27.9 Å². The number of benzene rings is 1. The topological polar surface area (TPSA) is 78.4 Å². The Morgan fingerprint density at radius 3 is 2.08 bits per heavy atom. The molecule has 1 aromatic carbocycles. The van der Waals surface area contributed by atoms with E-state index in [4.69, 9.17) is 0 Å². The second-order valence-corrected chi connectivity index (χ2v) is 6.44. The van der Waals surface area contributed by atoms with Crippen LogP contribution in [0.25, 0.3) is 0 Å². The van der Waals surface area contributed by atoms with Crippen LogP contribution in [0.3, 0.4) is 0 Å². The molecule has 24 heavy (non-hydrogen) atoms. The molecule has 0 spiro atoms. The number of hydrogen-bond acceptors (Lipinski definition) is 3. The molecular weight excluding hydrogens is 325 g/mol. The molecule has 134 valence electrons. The van der Waals surface area contributed by atoms with Crippen molar-refractivity contribution >= 4 is 11.8 Å². The van der Waals surface area contributed by atoms with Gasteiger partial charge in [-0.15, -0.1) is 0 Å². The lowest BCUT2D eigenvalue weighted by atomic mass is 9.89. The number of nitrogens with one attached hydrogen (secondary N) is 2. The molecule has 0 aliphatic rings. The van der Waals surface area contributed by atoms with Crippen molar-refractivity contribution in [3.05, 3.63) is 35.4 Å². The number of carbonyl (C=O) groups is 2. The highest BCUT2D eigenvalue weighted by molar-refractivity contribution is 5.96. The Morgan fingerprint density at radius 1 is 1.08 bits per heavy atom. The zero-order valence-corrected chi connectivity index (χ0v) is 13.7. The van der Waals surface area contributed by atoms with E-state index in [1.165, 1.54) is 0 Å². The Bertz CT molecular complexity index is 578. The molecule has 0 fully saturated rings. The van der Waals surface area contributed by atoms with Crippen molar-refractivity contribution in [3.8, 4) is 0 Å². The lowest BCUT2D eigenvalue weighted by molar-refractivity contribution is -0.137. The summed E-state index contributed by atoms with van der Waals surface area (Å²) in [5, 5.41) is 14.6. The molecule has 1 unspecified atom stereocenters. The quantitative estimate of drug-likeness (QED) is 0.763. The molecule has 5 nitrogen and oxygen atoms in total. The monoisotopic (exact) mass is 346 g/mol. The number of hydrogen-bond donors (Lipinski definition) is 3. The van der Waals surface area contributed by atoms with Gasteiger partial charge in [-0.25, -0.2) is 0 Å². The maximum atomic E-state index is 12.4. The zero-order chi connectivity index (χ0) is 18.5. The Hall–Kier alpha value is -2.09. The number of carbonyl (C=O) groups excluding carboxylic acids is 2. The van der Waals surface area contributed by atoms with Gasteiger partial charge in [0, 0.05) is 12.1 Å². The molecule has 1 aromatic rings. The van der Waals surface area contributed by atoms with Gasteiger partial charge in [0.05, 0.1) is 18.2 Å². The van der Waals surface area contributed by atoms with E-state index >= 15 is 0 Å². The van der Waals surface area contributed by atoms with Gasteiger partial charge in [0.25, 0.3) is 5.91 Å². The van der Waals surface area contributed by atoms with Gasteiger partial charge in [-0.05, 0) is 29.7 Å². The molecule has 0 bridgehead atoms. The first-order valence-corrected chi connectivity index (χ1v) is 7.31. The van der Waals surface area contributed by atoms with Gasteiger partial charge in [-0.2, -0.15) is 13.2 Å². The summed E-state index contributed by atoms with van der Waals surface area (Å²) < 4.78 is 37.3. The van der Waals surface area contributed by atoms with Gasteiger partial charge in [0.15, 0.2) is 0 Å². The summed E-state index contributed by atoms with van der Waals surface area (Å²) >= 11 is 0. The van der Waals surface area contributed by atoms with Crippen molar-refractivity contribution < 1.29 is 27.9 Å². The molecule has 0 saturated carbocycles. The van der Waals surface area contributed by atoms with E-state index in [-0.39, 0.29) is 18.7 Å². The normalized spacial score (nSPS) is 13.3. The van der Waals surface area contributed by atoms with Crippen molar-refractivity contribution in [1.82, 2.24) is 10.6 Å². The molecule has 2 amide bonds. The minimum atomic E-state index is -4.47. The van der Waals surface area contributed by atoms with Crippen molar-refractivity contribution in [1.29, 1.82) is 0 Å². The van der Waals surface area contributed by atoms with Crippen LogP contribution in [-0.2, 0) is 11.0 Å². The van der Waals surface area contributed by atoms with Crippen molar-refractivity contribution in [2.45, 2.75) is 33.1 Å². The third-order valence-electron chi connectivity index (χ3n) is 3.38. The Morgan fingerprint density at radius 2 is 1.62 bits per heavy atom. The molecule has 0 aliphatic heterocycles. The number of aliphatic hydroxyl groups excluding tert-OH is 1. The predicted molar refractivity (Wildman–Crippen MR) is 82.2 cm³/mol. The number of rotatable bonds is 5. The lowest BCUT2D eigenvalue weighted by Gasteiger charge is -2.25. The van der Waals surface area contributed by atoms with Gasteiger partial charge < -0.3 is 15.7 Å². The maximum absolute atomic E-state index is 12.4. The van der Waals surface area contributed by atoms with E-state index in [1.807, 2.05) is 20.8 Å². The van der Waals surface area contributed by atoms with Crippen LogP contribution in [0.1, 0.15) is 36.7 Å². The summed E-state index contributed by atoms with van der Waals surface area (Å²) in [6.07, 6.45) is -5.21. The van der Waals surface area contributed by atoms with E-state index in [1.54, 1.807) is 0 Å². The zero-order valence-electron chi connectivity index (χ0n) is 13.7. The van der Waals surface area contributed by atoms with Crippen LogP contribution < -0.4 is 10.6 Å². The number of alkyl halides is 3. The fourth-order valence-corrected chi connectivity index (χ4v) is 1.65. The van der Waals surface area contributed by atoms with E-state index in [2.05, 4.69) is 10.6 Å². The fraction of sp³-hybridized carbons (Fsp3) is 0.500. The molecule has 0 aromatic heterocycles. The third kappa shape index (κ3) is 6.19. The summed E-state index contributed by atoms with van der Waals surface area (Å²) in [6, 6.07) is 3.68. The van der Waals surface area contributed by atoms with Crippen LogP contribution in [0.2, 0.25) is 0 Å². The summed E-state index contributed by atoms with van der Waals surface area (Å²) in [5.41, 5.74) is -1.23. The summed E-state index contributed by atoms with van der Waals surface area (Å²) in [6.45, 7) is 5.15. The average molecular weight is 346 g/mol. The van der Waals surface area contributed by atoms with Gasteiger partial charge in [0.2, 0.25) is 5.91 Å². The Labute approximate surface area is 138 Å². The van der Waals surface area contributed by atoms with E-state index in [0.717, 1.165) is 24.3 Å². The first-order chi connectivity index (χ1) is 10.9. The standard InChI is InChI=1S/C16H21F3N2O3/c1-15(2,3)12(22)8-20-13(23)9-21-14(24)10-4-6-11(7-5-10)16(17,18)19/h4-7,12,22H,8-9H2,1-3H3,(H,20,23)(H,21,24). The fourth-order valence-electron chi connectivity index (χ4n) is 1.65. The van der Waals surface area contributed by atoms with Gasteiger partial charge >= 0.3 is 6.18 Å². The highest BCUT2D eigenvalue weighted by Crippen LogP contribution is 2.29. The predicted octanol–water partition coefficient (Wildman–Crippen LogP) is 1.96. The maximum Gasteiger partial charge on any atom is 0.416 e. The van der Waals surface area contributed by atoms with E-state index in [0.29, 0.717) is 0 Å². The average Bonchev–Trinajstić information content (AvgIpc) is 2.48. The molecule has 0 saturated heterocycles. The number of amides is 2. The summed E-state index contributed by atoms with van der Waals surface area (Å²) in [5.74, 6) is -1.16. The van der Waals surface area contributed by atoms with Crippen LogP contribution in [0, 0.1) is 5.41 Å². The highest BCUT2D eigenvalue weighted by Gasteiger charge is 2.30. The Kier molecular flexibility index (Phi) is 6.36. The molecule has 3 N–H and O–H groups in total. The van der Waals surface area contributed by atoms with Crippen LogP contribution in [-0.4, -0.2) is 36.1 Å². The largest absolute Gasteiger partial charge is 0.416 e. The SMILES string of the molecule is CC(C)(C)C(O)CNC(=O)CNC(=O)c1ccc(C(F)(F)F)cc1. The first kappa shape index (κ1) is 20.0. The number of halogens is 3. The minimum Gasteiger partial charge on any atom is -0.391 e. The molecule has 8 heteroatoms. The summed E-state index contributed by atoms with van der Waals surface area (Å²) in [4.78, 5) is 23.4. The molecule has 0 heterocycles. The second kappa shape index (κ2) is 7.65. The van der Waals surface area contributed by atoms with Crippen molar-refractivity contribution in [3.63, 3.8) is 0 Å². The molecule has 1 atom stereocenters. The minimum absolute atomic E-state index is 0.0190. The van der Waals surface area contributed by atoms with Gasteiger partial charge in [-0.1, -0.05) is 20.8 Å². The van der Waals surface area contributed by atoms with Crippen LogP contribution in [0.5, 0.6) is 0 Å². The molecular formula is C16H21F3N2O3. The highest BCUT2D eigenvalue weighted by atomic mass is 19.4. The molecule has 0 radical (unpaired) electrons. The lowest BCUT2D eigenvalue weighted by Crippen LogP contribution is -2.43. The molecule has 0 aliphatic carbocycles.